The van der Waals surface area contributed by atoms with Crippen molar-refractivity contribution in [2.24, 2.45) is 5.92 Å². The number of carbonyl (C=O) groups is 2. The van der Waals surface area contributed by atoms with Crippen molar-refractivity contribution >= 4 is 11.9 Å². The van der Waals surface area contributed by atoms with E-state index in [2.05, 4.69) is 5.10 Å². The monoisotopic (exact) mass is 375 g/mol. The summed E-state index contributed by atoms with van der Waals surface area (Å²) >= 11 is 0. The Morgan fingerprint density at radius 2 is 1.81 bits per heavy atom. The predicted molar refractivity (Wildman–Crippen MR) is 99.5 cm³/mol. The minimum absolute atomic E-state index is 0.227. The van der Waals surface area contributed by atoms with Crippen LogP contribution in [0.1, 0.15) is 31.9 Å². The molecular formula is C20H26FN3O3. The van der Waals surface area contributed by atoms with E-state index >= 15 is 0 Å². The Balaban J connectivity index is 2.12. The van der Waals surface area contributed by atoms with Crippen LogP contribution < -0.4 is 0 Å². The molecule has 1 amide bonds. The first kappa shape index (κ1) is 20.6. The van der Waals surface area contributed by atoms with Crippen LogP contribution >= 0.6 is 0 Å². The summed E-state index contributed by atoms with van der Waals surface area (Å²) in [5.74, 6) is -1.91. The third-order valence-corrected chi connectivity index (χ3v) is 4.33. The first-order valence-electron chi connectivity index (χ1n) is 9.19. The molecule has 6 nitrogen and oxygen atoms in total. The standard InChI is InChI=1S/C20H26FN3O3/c1-4-23(5-2)19(25)18(20(26)27-6-3)11-16-12-22-24(14-16)13-15-7-9-17(21)10-8-15/h7-10,12,14,18H,4-6,11,13H2,1-3H3. The highest BCUT2D eigenvalue weighted by Crippen LogP contribution is 2.15. The van der Waals surface area contributed by atoms with Crippen molar-refractivity contribution in [1.82, 2.24) is 14.7 Å². The van der Waals surface area contributed by atoms with Gasteiger partial charge in [0, 0.05) is 19.3 Å². The first-order chi connectivity index (χ1) is 13.0. The summed E-state index contributed by atoms with van der Waals surface area (Å²) in [5, 5.41) is 4.28. The molecular weight excluding hydrogens is 349 g/mol. The highest BCUT2D eigenvalue weighted by Gasteiger charge is 2.31. The van der Waals surface area contributed by atoms with Crippen LogP contribution in [0.3, 0.4) is 0 Å². The summed E-state index contributed by atoms with van der Waals surface area (Å²) in [6, 6.07) is 6.20. The second-order valence-electron chi connectivity index (χ2n) is 6.19. The van der Waals surface area contributed by atoms with Gasteiger partial charge in [-0.1, -0.05) is 12.1 Å². The van der Waals surface area contributed by atoms with Crippen LogP contribution in [0.2, 0.25) is 0 Å². The molecule has 7 heteroatoms. The lowest BCUT2D eigenvalue weighted by Gasteiger charge is -2.23. The van der Waals surface area contributed by atoms with Crippen molar-refractivity contribution in [2.75, 3.05) is 19.7 Å². The number of rotatable bonds is 9. The fourth-order valence-electron chi connectivity index (χ4n) is 2.88. The number of amides is 1. The van der Waals surface area contributed by atoms with Gasteiger partial charge in [-0.2, -0.15) is 5.10 Å². The van der Waals surface area contributed by atoms with E-state index < -0.39 is 11.9 Å². The van der Waals surface area contributed by atoms with E-state index in [1.807, 2.05) is 13.8 Å². The van der Waals surface area contributed by atoms with Crippen LogP contribution in [-0.2, 0) is 27.3 Å². The molecule has 2 aromatic rings. The van der Waals surface area contributed by atoms with E-state index in [1.54, 1.807) is 41.0 Å². The molecule has 2 rings (SSSR count). The lowest BCUT2D eigenvalue weighted by atomic mass is 10.00. The largest absolute Gasteiger partial charge is 0.465 e. The number of benzene rings is 1. The number of ether oxygens (including phenoxy) is 1. The molecule has 1 unspecified atom stereocenters. The van der Waals surface area contributed by atoms with Crippen LogP contribution in [-0.4, -0.2) is 46.3 Å². The second-order valence-corrected chi connectivity index (χ2v) is 6.19. The summed E-state index contributed by atoms with van der Waals surface area (Å²) in [6.07, 6.45) is 3.67. The molecule has 1 atom stereocenters. The van der Waals surface area contributed by atoms with Crippen molar-refractivity contribution in [1.29, 1.82) is 0 Å². The van der Waals surface area contributed by atoms with E-state index in [-0.39, 0.29) is 24.8 Å². The average Bonchev–Trinajstić information content (AvgIpc) is 3.09. The zero-order chi connectivity index (χ0) is 19.8. The lowest BCUT2D eigenvalue weighted by Crippen LogP contribution is -2.41. The summed E-state index contributed by atoms with van der Waals surface area (Å²) in [6.45, 7) is 7.26. The maximum Gasteiger partial charge on any atom is 0.318 e. The average molecular weight is 375 g/mol. The molecule has 1 aromatic carbocycles. The number of esters is 1. The van der Waals surface area contributed by atoms with Crippen molar-refractivity contribution in [3.8, 4) is 0 Å². The Labute approximate surface area is 158 Å². The van der Waals surface area contributed by atoms with Gasteiger partial charge in [-0.05, 0) is 50.5 Å². The van der Waals surface area contributed by atoms with Crippen molar-refractivity contribution in [2.45, 2.75) is 33.7 Å². The molecule has 0 spiro atoms. The van der Waals surface area contributed by atoms with E-state index in [0.717, 1.165) is 11.1 Å². The number of hydrogen-bond donors (Lipinski definition) is 0. The Hall–Kier alpha value is -2.70. The molecule has 0 bridgehead atoms. The number of hydrogen-bond acceptors (Lipinski definition) is 4. The molecule has 0 N–H and O–H groups in total. The molecule has 27 heavy (non-hydrogen) atoms. The predicted octanol–water partition coefficient (Wildman–Crippen LogP) is 2.66. The summed E-state index contributed by atoms with van der Waals surface area (Å²) in [7, 11) is 0. The SMILES string of the molecule is CCOC(=O)C(Cc1cnn(Cc2ccc(F)cc2)c1)C(=O)N(CC)CC. The van der Waals surface area contributed by atoms with Gasteiger partial charge in [-0.25, -0.2) is 4.39 Å². The summed E-state index contributed by atoms with van der Waals surface area (Å²) in [5.41, 5.74) is 1.68. The van der Waals surface area contributed by atoms with E-state index in [9.17, 15) is 14.0 Å². The van der Waals surface area contributed by atoms with Gasteiger partial charge in [0.15, 0.2) is 0 Å². The van der Waals surface area contributed by atoms with Gasteiger partial charge >= 0.3 is 5.97 Å². The van der Waals surface area contributed by atoms with Gasteiger partial charge in [0.05, 0.1) is 19.3 Å². The summed E-state index contributed by atoms with van der Waals surface area (Å²) < 4.78 is 19.8. The van der Waals surface area contributed by atoms with Gasteiger partial charge in [-0.15, -0.1) is 0 Å². The van der Waals surface area contributed by atoms with Crippen LogP contribution in [0.25, 0.3) is 0 Å². The Morgan fingerprint density at radius 1 is 1.15 bits per heavy atom. The third kappa shape index (κ3) is 5.64. The van der Waals surface area contributed by atoms with Crippen LogP contribution in [0.15, 0.2) is 36.7 Å². The Bertz CT molecular complexity index is 754. The molecule has 1 aromatic heterocycles. The number of nitrogens with zero attached hydrogens (tertiary/aromatic N) is 3. The zero-order valence-electron chi connectivity index (χ0n) is 16.0. The topological polar surface area (TPSA) is 64.4 Å². The Morgan fingerprint density at radius 3 is 2.41 bits per heavy atom. The third-order valence-electron chi connectivity index (χ3n) is 4.33. The molecule has 0 fully saturated rings. The fraction of sp³-hybridized carbons (Fsp3) is 0.450. The van der Waals surface area contributed by atoms with E-state index in [4.69, 9.17) is 4.74 Å². The van der Waals surface area contributed by atoms with Crippen LogP contribution in [0.5, 0.6) is 0 Å². The molecule has 0 aliphatic heterocycles. The molecule has 0 aliphatic carbocycles. The van der Waals surface area contributed by atoms with Gasteiger partial charge in [0.25, 0.3) is 0 Å². The maximum absolute atomic E-state index is 13.0. The molecule has 0 radical (unpaired) electrons. The van der Waals surface area contributed by atoms with E-state index in [1.165, 1.54) is 12.1 Å². The second kappa shape index (κ2) is 9.85. The smallest absolute Gasteiger partial charge is 0.318 e. The Kier molecular flexibility index (Phi) is 7.52. The normalized spacial score (nSPS) is 11.9. The van der Waals surface area contributed by atoms with Crippen LogP contribution in [0.4, 0.5) is 4.39 Å². The minimum atomic E-state index is -0.881. The zero-order valence-corrected chi connectivity index (χ0v) is 16.0. The fourth-order valence-corrected chi connectivity index (χ4v) is 2.88. The highest BCUT2D eigenvalue weighted by molar-refractivity contribution is 5.98. The maximum atomic E-state index is 13.0. The molecule has 0 saturated heterocycles. The van der Waals surface area contributed by atoms with Gasteiger partial charge in [0.1, 0.15) is 11.7 Å². The lowest BCUT2D eigenvalue weighted by molar-refractivity contribution is -0.155. The molecule has 0 aliphatic rings. The van der Waals surface area contributed by atoms with E-state index in [0.29, 0.717) is 19.6 Å². The molecule has 1 heterocycles. The first-order valence-corrected chi connectivity index (χ1v) is 9.19. The quantitative estimate of drug-likeness (QED) is 0.499. The van der Waals surface area contributed by atoms with Gasteiger partial charge in [-0.3, -0.25) is 14.3 Å². The minimum Gasteiger partial charge on any atom is -0.465 e. The number of aromatic nitrogens is 2. The number of halogens is 1. The van der Waals surface area contributed by atoms with Crippen molar-refractivity contribution in [3.05, 3.63) is 53.6 Å². The summed E-state index contributed by atoms with van der Waals surface area (Å²) in [4.78, 5) is 26.7. The molecule has 0 saturated carbocycles. The highest BCUT2D eigenvalue weighted by atomic mass is 19.1. The van der Waals surface area contributed by atoms with Crippen LogP contribution in [0, 0.1) is 11.7 Å². The van der Waals surface area contributed by atoms with Crippen molar-refractivity contribution < 1.29 is 18.7 Å². The van der Waals surface area contributed by atoms with Gasteiger partial charge < -0.3 is 9.64 Å². The number of carbonyl (C=O) groups excluding carboxylic acids is 2. The molecule has 146 valence electrons. The van der Waals surface area contributed by atoms with Gasteiger partial charge in [0.2, 0.25) is 5.91 Å². The van der Waals surface area contributed by atoms with Crippen molar-refractivity contribution in [3.63, 3.8) is 0 Å².